The van der Waals surface area contributed by atoms with Crippen LogP contribution in [-0.2, 0) is 0 Å². The van der Waals surface area contributed by atoms with E-state index in [2.05, 4.69) is 15.8 Å². The molecular formula is C12H16ClN3S. The normalized spacial score (nSPS) is 11.5. The molecule has 0 aliphatic rings. The van der Waals surface area contributed by atoms with Crippen molar-refractivity contribution in [2.24, 2.45) is 5.10 Å². The van der Waals surface area contributed by atoms with E-state index in [1.807, 2.05) is 45.0 Å². The molecule has 0 atom stereocenters. The smallest absolute Gasteiger partial charge is 0.187 e. The Balaban J connectivity index is 2.60. The fourth-order valence-corrected chi connectivity index (χ4v) is 1.59. The number of hydrogen-bond acceptors (Lipinski definition) is 2. The van der Waals surface area contributed by atoms with Crippen molar-refractivity contribution in [2.75, 3.05) is 0 Å². The van der Waals surface area contributed by atoms with Crippen LogP contribution < -0.4 is 10.7 Å². The molecule has 1 aromatic rings. The molecule has 0 aliphatic carbocycles. The number of hydrazone groups is 1. The number of hydrogen-bond donors (Lipinski definition) is 2. The highest BCUT2D eigenvalue weighted by Gasteiger charge is 1.99. The fourth-order valence-electron chi connectivity index (χ4n) is 1.18. The van der Waals surface area contributed by atoms with Crippen LogP contribution in [0, 0.1) is 0 Å². The van der Waals surface area contributed by atoms with Crippen molar-refractivity contribution in [3.63, 3.8) is 0 Å². The summed E-state index contributed by atoms with van der Waals surface area (Å²) in [4.78, 5) is 0. The van der Waals surface area contributed by atoms with Gasteiger partial charge in [0.1, 0.15) is 0 Å². The van der Waals surface area contributed by atoms with Gasteiger partial charge in [-0.1, -0.05) is 23.7 Å². The lowest BCUT2D eigenvalue weighted by molar-refractivity contribution is 0.719. The molecule has 0 aliphatic heterocycles. The Morgan fingerprint density at radius 1 is 1.29 bits per heavy atom. The van der Waals surface area contributed by atoms with E-state index in [0.29, 0.717) is 16.2 Å². The number of nitrogens with zero attached hydrogens (tertiary/aromatic N) is 1. The third-order valence-electron chi connectivity index (χ3n) is 2.01. The Kier molecular flexibility index (Phi) is 5.38. The van der Waals surface area contributed by atoms with Crippen LogP contribution in [0.25, 0.3) is 0 Å². The average Bonchev–Trinajstić information content (AvgIpc) is 2.26. The molecule has 0 bridgehead atoms. The molecule has 1 aromatic carbocycles. The van der Waals surface area contributed by atoms with E-state index < -0.39 is 0 Å². The maximum absolute atomic E-state index is 5.81. The molecule has 0 spiro atoms. The molecule has 0 amide bonds. The van der Waals surface area contributed by atoms with Gasteiger partial charge in [-0.15, -0.1) is 0 Å². The number of rotatable bonds is 3. The molecule has 92 valence electrons. The maximum atomic E-state index is 5.81. The summed E-state index contributed by atoms with van der Waals surface area (Å²) in [5.74, 6) is 0. The van der Waals surface area contributed by atoms with E-state index in [0.717, 1.165) is 11.3 Å². The van der Waals surface area contributed by atoms with Gasteiger partial charge >= 0.3 is 0 Å². The van der Waals surface area contributed by atoms with Gasteiger partial charge in [-0.05, 0) is 50.7 Å². The molecule has 0 fully saturated rings. The second kappa shape index (κ2) is 6.57. The zero-order valence-corrected chi connectivity index (χ0v) is 11.7. The third kappa shape index (κ3) is 5.15. The standard InChI is InChI=1S/C12H16ClN3S/c1-8(2)14-12(17)16-15-9(3)10-4-6-11(13)7-5-10/h4-8H,1-3H3,(H2,14,16,17). The molecule has 0 aromatic heterocycles. The zero-order chi connectivity index (χ0) is 12.8. The van der Waals surface area contributed by atoms with E-state index >= 15 is 0 Å². The summed E-state index contributed by atoms with van der Waals surface area (Å²) in [6.45, 7) is 5.95. The molecule has 0 saturated carbocycles. The Morgan fingerprint density at radius 3 is 2.41 bits per heavy atom. The van der Waals surface area contributed by atoms with E-state index in [1.165, 1.54) is 0 Å². The van der Waals surface area contributed by atoms with Crippen molar-refractivity contribution in [3.05, 3.63) is 34.9 Å². The predicted molar refractivity (Wildman–Crippen MR) is 77.7 cm³/mol. The summed E-state index contributed by atoms with van der Waals surface area (Å²) in [5, 5.41) is 8.48. The third-order valence-corrected chi connectivity index (χ3v) is 2.47. The number of nitrogens with one attached hydrogen (secondary N) is 2. The molecule has 3 nitrogen and oxygen atoms in total. The molecular weight excluding hydrogens is 254 g/mol. The first-order chi connectivity index (χ1) is 7.99. The van der Waals surface area contributed by atoms with Gasteiger partial charge in [0.05, 0.1) is 5.71 Å². The summed E-state index contributed by atoms with van der Waals surface area (Å²) in [5.41, 5.74) is 4.67. The van der Waals surface area contributed by atoms with Crippen molar-refractivity contribution in [1.82, 2.24) is 10.7 Å². The summed E-state index contributed by atoms with van der Waals surface area (Å²) in [6, 6.07) is 7.80. The maximum Gasteiger partial charge on any atom is 0.187 e. The lowest BCUT2D eigenvalue weighted by atomic mass is 10.1. The summed E-state index contributed by atoms with van der Waals surface area (Å²) in [6.07, 6.45) is 0. The lowest BCUT2D eigenvalue weighted by Crippen LogP contribution is -2.37. The monoisotopic (exact) mass is 269 g/mol. The molecule has 0 radical (unpaired) electrons. The first-order valence-corrected chi connectivity index (χ1v) is 6.14. The van der Waals surface area contributed by atoms with E-state index in [-0.39, 0.29) is 0 Å². The highest BCUT2D eigenvalue weighted by Crippen LogP contribution is 2.09. The van der Waals surface area contributed by atoms with Crippen LogP contribution in [-0.4, -0.2) is 16.9 Å². The topological polar surface area (TPSA) is 36.4 Å². The van der Waals surface area contributed by atoms with Crippen LogP contribution in [0.1, 0.15) is 26.3 Å². The first-order valence-electron chi connectivity index (χ1n) is 5.36. The number of thiocarbonyl (C=S) groups is 1. The minimum absolute atomic E-state index is 0.293. The van der Waals surface area contributed by atoms with Crippen LogP contribution in [0.15, 0.2) is 29.4 Å². The summed E-state index contributed by atoms with van der Waals surface area (Å²) >= 11 is 10.9. The minimum Gasteiger partial charge on any atom is -0.359 e. The highest BCUT2D eigenvalue weighted by atomic mass is 35.5. The Bertz CT molecular complexity index is 412. The summed E-state index contributed by atoms with van der Waals surface area (Å²) < 4.78 is 0. The van der Waals surface area contributed by atoms with Gasteiger partial charge in [0, 0.05) is 11.1 Å². The zero-order valence-electron chi connectivity index (χ0n) is 10.1. The highest BCUT2D eigenvalue weighted by molar-refractivity contribution is 7.80. The van der Waals surface area contributed by atoms with Crippen molar-refractivity contribution in [2.45, 2.75) is 26.8 Å². The van der Waals surface area contributed by atoms with Gasteiger partial charge in [-0.25, -0.2) is 0 Å². The van der Waals surface area contributed by atoms with E-state index in [9.17, 15) is 0 Å². The van der Waals surface area contributed by atoms with E-state index in [4.69, 9.17) is 23.8 Å². The largest absolute Gasteiger partial charge is 0.359 e. The molecule has 17 heavy (non-hydrogen) atoms. The Hall–Kier alpha value is -1.13. The second-order valence-corrected chi connectivity index (χ2v) is 4.79. The second-order valence-electron chi connectivity index (χ2n) is 3.94. The average molecular weight is 270 g/mol. The Morgan fingerprint density at radius 2 is 1.88 bits per heavy atom. The van der Waals surface area contributed by atoms with Gasteiger partial charge in [0.2, 0.25) is 0 Å². The molecule has 1 rings (SSSR count). The van der Waals surface area contributed by atoms with Crippen LogP contribution in [0.3, 0.4) is 0 Å². The van der Waals surface area contributed by atoms with Crippen molar-refractivity contribution in [1.29, 1.82) is 0 Å². The quantitative estimate of drug-likeness (QED) is 0.503. The van der Waals surface area contributed by atoms with Crippen molar-refractivity contribution < 1.29 is 0 Å². The van der Waals surface area contributed by atoms with Gasteiger partial charge in [-0.2, -0.15) is 5.10 Å². The predicted octanol–water partition coefficient (Wildman–Crippen LogP) is 2.94. The van der Waals surface area contributed by atoms with Gasteiger partial charge in [0.25, 0.3) is 0 Å². The number of halogens is 1. The van der Waals surface area contributed by atoms with E-state index in [1.54, 1.807) is 0 Å². The Labute approximate surface area is 112 Å². The minimum atomic E-state index is 0.293. The lowest BCUT2D eigenvalue weighted by Gasteiger charge is -2.10. The first kappa shape index (κ1) is 13.9. The van der Waals surface area contributed by atoms with Crippen LogP contribution in [0.4, 0.5) is 0 Å². The van der Waals surface area contributed by atoms with Crippen LogP contribution in [0.5, 0.6) is 0 Å². The van der Waals surface area contributed by atoms with Gasteiger partial charge in [0.15, 0.2) is 5.11 Å². The van der Waals surface area contributed by atoms with Crippen LogP contribution in [0.2, 0.25) is 5.02 Å². The van der Waals surface area contributed by atoms with Crippen molar-refractivity contribution >= 4 is 34.6 Å². The fraction of sp³-hybridized carbons (Fsp3) is 0.333. The number of benzene rings is 1. The molecule has 0 heterocycles. The molecule has 0 unspecified atom stereocenters. The van der Waals surface area contributed by atoms with Crippen LogP contribution >= 0.6 is 23.8 Å². The SMILES string of the molecule is CC(=NNC(=S)NC(C)C)c1ccc(Cl)cc1. The molecule has 5 heteroatoms. The van der Waals surface area contributed by atoms with Crippen molar-refractivity contribution in [3.8, 4) is 0 Å². The van der Waals surface area contributed by atoms with Gasteiger partial charge in [-0.3, -0.25) is 5.43 Å². The molecule has 0 saturated heterocycles. The molecule has 2 N–H and O–H groups in total. The van der Waals surface area contributed by atoms with Gasteiger partial charge < -0.3 is 5.32 Å². The summed E-state index contributed by atoms with van der Waals surface area (Å²) in [7, 11) is 0.